The van der Waals surface area contributed by atoms with Crippen molar-refractivity contribution in [1.82, 2.24) is 10.9 Å². The van der Waals surface area contributed by atoms with Crippen LogP contribution >= 0.6 is 38.9 Å². The molecule has 0 bridgehead atoms. The van der Waals surface area contributed by atoms with Crippen LogP contribution in [0.2, 0.25) is 5.02 Å². The number of thiophene rings is 1. The second-order valence-corrected chi connectivity index (χ2v) is 7.41. The predicted molar refractivity (Wildman–Crippen MR) is 93.8 cm³/mol. The molecule has 0 aliphatic carbocycles. The molecule has 122 valence electrons. The van der Waals surface area contributed by atoms with Gasteiger partial charge in [-0.15, -0.1) is 11.3 Å². The standard InChI is InChI=1S/C15H14BrClN2O3S/c16-13-8-7-12(23-13)15(21)19-18-14(20)2-1-9-22-11-5-3-10(17)4-6-11/h3-8H,1-2,9H2,(H,18,20)(H,19,21). The molecular formula is C15H14BrClN2O3S. The highest BCUT2D eigenvalue weighted by atomic mass is 79.9. The molecule has 1 aromatic heterocycles. The quantitative estimate of drug-likeness (QED) is 0.555. The molecule has 0 fully saturated rings. The Labute approximate surface area is 151 Å². The van der Waals surface area contributed by atoms with Crippen molar-refractivity contribution in [3.63, 3.8) is 0 Å². The first kappa shape index (κ1) is 17.8. The number of carbonyl (C=O) groups is 2. The Kier molecular flexibility index (Phi) is 6.88. The van der Waals surface area contributed by atoms with Crippen molar-refractivity contribution < 1.29 is 14.3 Å². The summed E-state index contributed by atoms with van der Waals surface area (Å²) in [6, 6.07) is 10.5. The van der Waals surface area contributed by atoms with Gasteiger partial charge in [-0.2, -0.15) is 0 Å². The average molecular weight is 418 g/mol. The number of hydrogen-bond acceptors (Lipinski definition) is 4. The summed E-state index contributed by atoms with van der Waals surface area (Å²) in [6.07, 6.45) is 0.789. The molecule has 0 unspecified atom stereocenters. The zero-order valence-corrected chi connectivity index (χ0v) is 15.1. The Morgan fingerprint density at radius 1 is 1.13 bits per heavy atom. The second kappa shape index (κ2) is 8.90. The van der Waals surface area contributed by atoms with Gasteiger partial charge in [0, 0.05) is 11.4 Å². The van der Waals surface area contributed by atoms with E-state index in [0.717, 1.165) is 3.79 Å². The molecule has 8 heteroatoms. The fourth-order valence-corrected chi connectivity index (χ4v) is 3.05. The van der Waals surface area contributed by atoms with Gasteiger partial charge >= 0.3 is 0 Å². The van der Waals surface area contributed by atoms with Gasteiger partial charge in [-0.25, -0.2) is 0 Å². The van der Waals surface area contributed by atoms with E-state index in [-0.39, 0.29) is 18.2 Å². The van der Waals surface area contributed by atoms with Crippen LogP contribution in [-0.4, -0.2) is 18.4 Å². The van der Waals surface area contributed by atoms with Crippen molar-refractivity contribution in [1.29, 1.82) is 0 Å². The smallest absolute Gasteiger partial charge is 0.279 e. The summed E-state index contributed by atoms with van der Waals surface area (Å²) in [5.74, 6) is 0.0894. The van der Waals surface area contributed by atoms with Gasteiger partial charge in [-0.05, 0) is 58.7 Å². The number of hydrogen-bond donors (Lipinski definition) is 2. The highest BCUT2D eigenvalue weighted by Gasteiger charge is 2.09. The molecule has 23 heavy (non-hydrogen) atoms. The molecule has 1 heterocycles. The van der Waals surface area contributed by atoms with Gasteiger partial charge in [0.05, 0.1) is 15.3 Å². The van der Waals surface area contributed by atoms with Crippen LogP contribution in [0.3, 0.4) is 0 Å². The second-order valence-electron chi connectivity index (χ2n) is 4.51. The van der Waals surface area contributed by atoms with Gasteiger partial charge in [-0.1, -0.05) is 11.6 Å². The fourth-order valence-electron chi connectivity index (χ4n) is 1.64. The van der Waals surface area contributed by atoms with Crippen LogP contribution in [0.4, 0.5) is 0 Å². The molecule has 0 aliphatic rings. The Bertz CT molecular complexity index is 676. The number of halogens is 2. The maximum atomic E-state index is 11.7. The SMILES string of the molecule is O=C(CCCOc1ccc(Cl)cc1)NNC(=O)c1ccc(Br)s1. The van der Waals surface area contributed by atoms with Crippen LogP contribution in [0, 0.1) is 0 Å². The first-order valence-electron chi connectivity index (χ1n) is 6.77. The number of benzene rings is 1. The molecule has 1 aromatic carbocycles. The summed E-state index contributed by atoms with van der Waals surface area (Å²) in [5, 5.41) is 0.644. The van der Waals surface area contributed by atoms with E-state index < -0.39 is 0 Å². The number of hydrazine groups is 1. The summed E-state index contributed by atoms with van der Waals surface area (Å²) < 4.78 is 6.33. The van der Waals surface area contributed by atoms with Crippen molar-refractivity contribution in [2.24, 2.45) is 0 Å². The number of ether oxygens (including phenoxy) is 1. The molecule has 2 aromatic rings. The predicted octanol–water partition coefficient (Wildman–Crippen LogP) is 3.78. The molecule has 0 saturated heterocycles. The van der Waals surface area contributed by atoms with Crippen LogP contribution in [0.25, 0.3) is 0 Å². The fraction of sp³-hybridized carbons (Fsp3) is 0.200. The van der Waals surface area contributed by atoms with Crippen LogP contribution in [0.5, 0.6) is 5.75 Å². The third-order valence-electron chi connectivity index (χ3n) is 2.74. The maximum Gasteiger partial charge on any atom is 0.279 e. The zero-order chi connectivity index (χ0) is 16.7. The lowest BCUT2D eigenvalue weighted by atomic mass is 10.3. The van der Waals surface area contributed by atoms with E-state index >= 15 is 0 Å². The maximum absolute atomic E-state index is 11.7. The summed E-state index contributed by atoms with van der Waals surface area (Å²) in [4.78, 5) is 23.9. The van der Waals surface area contributed by atoms with Crippen molar-refractivity contribution in [2.75, 3.05) is 6.61 Å². The molecule has 2 amide bonds. The number of rotatable bonds is 6. The normalized spacial score (nSPS) is 10.2. The number of nitrogens with one attached hydrogen (secondary N) is 2. The third kappa shape index (κ3) is 6.21. The van der Waals surface area contributed by atoms with E-state index in [9.17, 15) is 9.59 Å². The van der Waals surface area contributed by atoms with E-state index in [1.54, 1.807) is 36.4 Å². The molecule has 0 radical (unpaired) electrons. The van der Waals surface area contributed by atoms with E-state index in [1.165, 1.54) is 11.3 Å². The van der Waals surface area contributed by atoms with E-state index in [0.29, 0.717) is 28.7 Å². The molecule has 0 aliphatic heterocycles. The molecule has 0 spiro atoms. The lowest BCUT2D eigenvalue weighted by Crippen LogP contribution is -2.41. The number of amides is 2. The molecular weight excluding hydrogens is 404 g/mol. The van der Waals surface area contributed by atoms with Crippen molar-refractivity contribution in [3.8, 4) is 5.75 Å². The average Bonchev–Trinajstić information content (AvgIpc) is 2.97. The van der Waals surface area contributed by atoms with Gasteiger partial charge in [0.1, 0.15) is 5.75 Å². The van der Waals surface area contributed by atoms with Crippen LogP contribution in [-0.2, 0) is 4.79 Å². The summed E-state index contributed by atoms with van der Waals surface area (Å²) in [5.41, 5.74) is 4.75. The molecule has 5 nitrogen and oxygen atoms in total. The minimum Gasteiger partial charge on any atom is -0.494 e. The van der Waals surface area contributed by atoms with Gasteiger partial charge in [-0.3, -0.25) is 20.4 Å². The van der Waals surface area contributed by atoms with Gasteiger partial charge in [0.2, 0.25) is 5.91 Å². The van der Waals surface area contributed by atoms with Crippen LogP contribution in [0.1, 0.15) is 22.5 Å². The van der Waals surface area contributed by atoms with Crippen molar-refractivity contribution in [2.45, 2.75) is 12.8 Å². The van der Waals surface area contributed by atoms with Gasteiger partial charge < -0.3 is 4.74 Å². The largest absolute Gasteiger partial charge is 0.494 e. The topological polar surface area (TPSA) is 67.4 Å². The minimum atomic E-state index is -0.341. The third-order valence-corrected chi connectivity index (χ3v) is 4.62. The Balaban J connectivity index is 1.61. The monoisotopic (exact) mass is 416 g/mol. The first-order chi connectivity index (χ1) is 11.0. The summed E-state index contributed by atoms with van der Waals surface area (Å²) in [6.45, 7) is 0.404. The Morgan fingerprint density at radius 2 is 1.87 bits per heavy atom. The van der Waals surface area contributed by atoms with Crippen molar-refractivity contribution in [3.05, 3.63) is 50.1 Å². The lowest BCUT2D eigenvalue weighted by molar-refractivity contribution is -0.122. The van der Waals surface area contributed by atoms with Gasteiger partial charge in [0.25, 0.3) is 5.91 Å². The van der Waals surface area contributed by atoms with E-state index in [4.69, 9.17) is 16.3 Å². The first-order valence-corrected chi connectivity index (χ1v) is 8.76. The lowest BCUT2D eigenvalue weighted by Gasteiger charge is -2.07. The number of carbonyl (C=O) groups excluding carboxylic acids is 2. The molecule has 0 atom stereocenters. The highest BCUT2D eigenvalue weighted by molar-refractivity contribution is 9.11. The summed E-state index contributed by atoms with van der Waals surface area (Å²) in [7, 11) is 0. The molecule has 2 N–H and O–H groups in total. The molecule has 2 rings (SSSR count). The Morgan fingerprint density at radius 3 is 2.52 bits per heavy atom. The van der Waals surface area contributed by atoms with E-state index in [2.05, 4.69) is 26.8 Å². The van der Waals surface area contributed by atoms with Gasteiger partial charge in [0.15, 0.2) is 0 Å². The Hall–Kier alpha value is -1.57. The van der Waals surface area contributed by atoms with Crippen molar-refractivity contribution >= 4 is 50.7 Å². The molecule has 0 saturated carbocycles. The minimum absolute atomic E-state index is 0.252. The van der Waals surface area contributed by atoms with E-state index in [1.807, 2.05) is 0 Å². The highest BCUT2D eigenvalue weighted by Crippen LogP contribution is 2.21. The van der Waals surface area contributed by atoms with Crippen LogP contribution < -0.4 is 15.6 Å². The van der Waals surface area contributed by atoms with Crippen LogP contribution in [0.15, 0.2) is 40.2 Å². The zero-order valence-electron chi connectivity index (χ0n) is 12.0. The summed E-state index contributed by atoms with van der Waals surface area (Å²) >= 11 is 10.3.